The molecule has 39 heavy (non-hydrogen) atoms. The average Bonchev–Trinajstić information content (AvgIpc) is 3.53. The molecule has 0 aliphatic carbocycles. The van der Waals surface area contributed by atoms with Gasteiger partial charge in [-0.2, -0.15) is 8.42 Å². The number of furan rings is 1. The van der Waals surface area contributed by atoms with Crippen LogP contribution in [-0.2, 0) is 10.1 Å². The number of para-hydroxylation sites is 2. The van der Waals surface area contributed by atoms with Crippen molar-refractivity contribution in [3.8, 4) is 34.0 Å². The van der Waals surface area contributed by atoms with E-state index in [1.165, 1.54) is 24.3 Å². The van der Waals surface area contributed by atoms with Gasteiger partial charge >= 0.3 is 0 Å². The Morgan fingerprint density at radius 3 is 2.33 bits per heavy atom. The topological polar surface area (TPSA) is 126 Å². The van der Waals surface area contributed by atoms with Gasteiger partial charge in [0.1, 0.15) is 38.9 Å². The summed E-state index contributed by atoms with van der Waals surface area (Å²) in [7, 11) is -2.99. The van der Waals surface area contributed by atoms with E-state index in [1.807, 2.05) is 60.7 Å². The summed E-state index contributed by atoms with van der Waals surface area (Å²) in [4.78, 5) is 7.59. The van der Waals surface area contributed by atoms with E-state index in [9.17, 15) is 18.1 Å². The molecule has 192 valence electrons. The minimum absolute atomic E-state index is 0.153. The van der Waals surface area contributed by atoms with Gasteiger partial charge < -0.3 is 19.2 Å². The van der Waals surface area contributed by atoms with E-state index in [0.29, 0.717) is 28.2 Å². The van der Waals surface area contributed by atoms with E-state index in [0.717, 1.165) is 33.1 Å². The number of fused-ring (bicyclic) bond motifs is 6. The van der Waals surface area contributed by atoms with Crippen molar-refractivity contribution in [2.45, 2.75) is 4.90 Å². The van der Waals surface area contributed by atoms with Crippen LogP contribution in [0, 0.1) is 0 Å². The predicted molar refractivity (Wildman–Crippen MR) is 150 cm³/mol. The van der Waals surface area contributed by atoms with E-state index >= 15 is 0 Å². The molecule has 0 aliphatic rings. The molecular formula is C30H20N2O6S. The number of hydrogen-bond acceptors (Lipinski definition) is 6. The van der Waals surface area contributed by atoms with Crippen molar-refractivity contribution in [1.82, 2.24) is 9.97 Å². The van der Waals surface area contributed by atoms with Crippen LogP contribution in [0.1, 0.15) is 0 Å². The Hall–Kier alpha value is -4.86. The lowest BCUT2D eigenvalue weighted by atomic mass is 9.96. The van der Waals surface area contributed by atoms with Crippen molar-refractivity contribution in [2.24, 2.45) is 0 Å². The number of aromatic nitrogens is 2. The molecule has 3 N–H and O–H groups in total. The molecule has 0 amide bonds. The second kappa shape index (κ2) is 8.32. The zero-order valence-corrected chi connectivity index (χ0v) is 21.3. The monoisotopic (exact) mass is 536 g/mol. The number of rotatable bonds is 4. The van der Waals surface area contributed by atoms with Gasteiger partial charge in [-0.25, -0.2) is 4.98 Å². The number of nitrogens with zero attached hydrogens (tertiary/aromatic N) is 1. The molecule has 5 aromatic carbocycles. The van der Waals surface area contributed by atoms with Gasteiger partial charge in [-0.1, -0.05) is 54.6 Å². The number of phenols is 1. The van der Waals surface area contributed by atoms with Crippen LogP contribution < -0.4 is 4.74 Å². The van der Waals surface area contributed by atoms with Crippen LogP contribution in [0.3, 0.4) is 0 Å². The van der Waals surface area contributed by atoms with Crippen LogP contribution in [0.4, 0.5) is 0 Å². The second-order valence-corrected chi connectivity index (χ2v) is 10.6. The van der Waals surface area contributed by atoms with Crippen molar-refractivity contribution in [3.05, 3.63) is 84.9 Å². The van der Waals surface area contributed by atoms with E-state index in [1.54, 1.807) is 7.11 Å². The first-order valence-corrected chi connectivity index (χ1v) is 13.5. The van der Waals surface area contributed by atoms with E-state index in [2.05, 4.69) is 4.98 Å². The van der Waals surface area contributed by atoms with E-state index in [4.69, 9.17) is 14.1 Å². The number of imidazole rings is 1. The third-order valence-electron chi connectivity index (χ3n) is 7.00. The molecule has 0 fully saturated rings. The minimum Gasteiger partial charge on any atom is -0.507 e. The first-order chi connectivity index (χ1) is 18.8. The Morgan fingerprint density at radius 2 is 1.51 bits per heavy atom. The van der Waals surface area contributed by atoms with Crippen molar-refractivity contribution in [2.75, 3.05) is 7.11 Å². The maximum Gasteiger partial charge on any atom is 0.295 e. The van der Waals surface area contributed by atoms with E-state index in [-0.39, 0.29) is 21.4 Å². The van der Waals surface area contributed by atoms with Gasteiger partial charge in [0.25, 0.3) is 10.1 Å². The largest absolute Gasteiger partial charge is 0.507 e. The summed E-state index contributed by atoms with van der Waals surface area (Å²) in [5.41, 5.74) is 4.61. The highest BCUT2D eigenvalue weighted by atomic mass is 32.2. The van der Waals surface area contributed by atoms with Crippen LogP contribution in [0.25, 0.3) is 66.3 Å². The average molecular weight is 537 g/mol. The van der Waals surface area contributed by atoms with Crippen molar-refractivity contribution < 1.29 is 27.2 Å². The Morgan fingerprint density at radius 1 is 0.821 bits per heavy atom. The zero-order chi connectivity index (χ0) is 26.9. The van der Waals surface area contributed by atoms with Crippen molar-refractivity contribution >= 4 is 53.9 Å². The molecule has 0 atom stereocenters. The fourth-order valence-electron chi connectivity index (χ4n) is 5.38. The molecule has 0 saturated heterocycles. The normalized spacial score (nSPS) is 12.2. The summed E-state index contributed by atoms with van der Waals surface area (Å²) < 4.78 is 46.2. The number of methoxy groups -OCH3 is 1. The molecular weight excluding hydrogens is 516 g/mol. The Labute approximate surface area is 221 Å². The lowest BCUT2D eigenvalue weighted by Gasteiger charge is -2.13. The zero-order valence-electron chi connectivity index (χ0n) is 20.5. The second-order valence-electron chi connectivity index (χ2n) is 9.19. The predicted octanol–water partition coefficient (Wildman–Crippen LogP) is 6.91. The maximum absolute atomic E-state index is 12.2. The summed E-state index contributed by atoms with van der Waals surface area (Å²) in [5, 5.41) is 13.0. The number of aromatic amines is 1. The van der Waals surface area contributed by atoms with Gasteiger partial charge in [0.2, 0.25) is 0 Å². The molecule has 0 bridgehead atoms. The molecule has 2 aromatic heterocycles. The summed E-state index contributed by atoms with van der Waals surface area (Å²) in [6.45, 7) is 0. The fraction of sp³-hybridized carbons (Fsp3) is 0.0333. The van der Waals surface area contributed by atoms with Crippen LogP contribution in [0.15, 0.2) is 94.2 Å². The first kappa shape index (κ1) is 23.3. The maximum atomic E-state index is 12.2. The third-order valence-corrected chi connectivity index (χ3v) is 7.89. The van der Waals surface area contributed by atoms with Crippen LogP contribution >= 0.6 is 0 Å². The Balaban J connectivity index is 1.51. The number of phenolic OH excluding ortho intramolecular Hbond substituents is 1. The van der Waals surface area contributed by atoms with Gasteiger partial charge in [0.15, 0.2) is 0 Å². The van der Waals surface area contributed by atoms with Crippen LogP contribution in [0.5, 0.6) is 11.5 Å². The Bertz CT molecular complexity index is 2210. The van der Waals surface area contributed by atoms with Crippen molar-refractivity contribution in [3.63, 3.8) is 0 Å². The first-order valence-electron chi connectivity index (χ1n) is 12.0. The molecule has 7 aromatic rings. The fourth-order valence-corrected chi connectivity index (χ4v) is 6.10. The van der Waals surface area contributed by atoms with Gasteiger partial charge in [-0.15, -0.1) is 0 Å². The van der Waals surface area contributed by atoms with E-state index < -0.39 is 10.1 Å². The summed E-state index contributed by atoms with van der Waals surface area (Å²) >= 11 is 0. The number of nitrogens with one attached hydrogen (secondary N) is 1. The number of H-pyrrole nitrogens is 1. The smallest absolute Gasteiger partial charge is 0.295 e. The molecule has 2 heterocycles. The highest BCUT2D eigenvalue weighted by Crippen LogP contribution is 2.44. The molecule has 8 nitrogen and oxygen atoms in total. The number of aromatic hydroxyl groups is 1. The van der Waals surface area contributed by atoms with Crippen LogP contribution in [-0.4, -0.2) is 35.2 Å². The summed E-state index contributed by atoms with van der Waals surface area (Å²) in [5.74, 6) is 0.808. The molecule has 0 saturated carbocycles. The Kier molecular flexibility index (Phi) is 4.97. The van der Waals surface area contributed by atoms with Gasteiger partial charge in [0, 0.05) is 21.7 Å². The van der Waals surface area contributed by atoms with Gasteiger partial charge in [-0.3, -0.25) is 4.55 Å². The standard InChI is InChI=1S/C30H20N2O6S/c1-37-29-17(16-8-6-14-24-26(16)18-7-2-3-13-23(18)38-24)9-4-11-20(29)30-31-21-15-25(39(34,35)36)19-10-5-12-22(33)27(19)28(21)32-30/h2-15,33H,1H3,(H,31,32)(H,34,35,36). The lowest BCUT2D eigenvalue weighted by molar-refractivity contribution is 0.418. The quantitative estimate of drug-likeness (QED) is 0.209. The summed E-state index contributed by atoms with van der Waals surface area (Å²) in [6.07, 6.45) is 0. The molecule has 0 spiro atoms. The number of benzene rings is 5. The minimum atomic E-state index is -4.57. The number of ether oxygens (including phenoxy) is 1. The lowest BCUT2D eigenvalue weighted by Crippen LogP contribution is -1.99. The summed E-state index contributed by atoms with van der Waals surface area (Å²) in [6, 6.07) is 25.2. The molecule has 0 radical (unpaired) electrons. The van der Waals surface area contributed by atoms with Crippen LogP contribution in [0.2, 0.25) is 0 Å². The molecule has 0 aliphatic heterocycles. The molecule has 0 unspecified atom stereocenters. The van der Waals surface area contributed by atoms with Gasteiger partial charge in [0.05, 0.1) is 23.6 Å². The highest BCUT2D eigenvalue weighted by molar-refractivity contribution is 7.86. The van der Waals surface area contributed by atoms with Crippen molar-refractivity contribution in [1.29, 1.82) is 0 Å². The highest BCUT2D eigenvalue weighted by Gasteiger charge is 2.23. The molecule has 7 rings (SSSR count). The molecule has 9 heteroatoms. The SMILES string of the molecule is COc1c(-c2nc3c(cc(S(=O)(=O)O)c4cccc(O)c43)[nH]2)cccc1-c1cccc2oc3ccccc3c12. The number of hydrogen-bond donors (Lipinski definition) is 3. The third kappa shape index (κ3) is 3.48. The van der Waals surface area contributed by atoms with Gasteiger partial charge in [-0.05, 0) is 35.9 Å².